The number of amides is 1. The van der Waals surface area contributed by atoms with Gasteiger partial charge in [-0.25, -0.2) is 4.79 Å². The average Bonchev–Trinajstić information content (AvgIpc) is 3.11. The van der Waals surface area contributed by atoms with Gasteiger partial charge < -0.3 is 19.9 Å². The van der Waals surface area contributed by atoms with Gasteiger partial charge in [-0.1, -0.05) is 6.07 Å². The molecule has 1 aliphatic heterocycles. The highest BCUT2D eigenvalue weighted by molar-refractivity contribution is 5.84. The lowest BCUT2D eigenvalue weighted by molar-refractivity contribution is 0.177. The minimum absolute atomic E-state index is 0.0628. The molecule has 0 bridgehead atoms. The summed E-state index contributed by atoms with van der Waals surface area (Å²) >= 11 is 0. The van der Waals surface area contributed by atoms with Crippen molar-refractivity contribution in [1.82, 2.24) is 15.2 Å². The van der Waals surface area contributed by atoms with Gasteiger partial charge in [0.05, 0.1) is 8.78 Å². The van der Waals surface area contributed by atoms with E-state index in [1.165, 1.54) is 12.1 Å². The Balaban J connectivity index is 1.92. The van der Waals surface area contributed by atoms with E-state index < -0.39 is 39.0 Å². The Morgan fingerprint density at radius 2 is 2.48 bits per heavy atom. The molecule has 5 heteroatoms. The summed E-state index contributed by atoms with van der Waals surface area (Å²) in [5, 5.41) is 2.69. The van der Waals surface area contributed by atoms with Gasteiger partial charge in [-0.05, 0) is 50.0 Å². The molecule has 2 aromatic rings. The number of carbonyl (C=O) groups is 1. The molecular formula is C16H21N3O2. The van der Waals surface area contributed by atoms with Crippen molar-refractivity contribution in [3.63, 3.8) is 0 Å². The molecule has 1 aromatic heterocycles. The Kier molecular flexibility index (Phi) is 1.76. The van der Waals surface area contributed by atoms with Crippen molar-refractivity contribution >= 4 is 17.0 Å². The van der Waals surface area contributed by atoms with Crippen LogP contribution in [0.1, 0.15) is 24.8 Å². The van der Waals surface area contributed by atoms with Crippen molar-refractivity contribution < 1.29 is 23.2 Å². The Morgan fingerprint density at radius 1 is 1.57 bits per heavy atom. The Labute approximate surface area is 138 Å². The molecule has 1 amide bonds. The van der Waals surface area contributed by atoms with Gasteiger partial charge in [0.15, 0.2) is 0 Å². The number of nitrogens with zero attached hydrogens (tertiary/aromatic N) is 1. The highest BCUT2D eigenvalue weighted by atomic mass is 16.6. The third-order valence-electron chi connectivity index (χ3n) is 3.21. The molecule has 112 valence electrons. The number of nitrogens with one attached hydrogen (secondary N) is 2. The first kappa shape index (κ1) is 6.40. The van der Waals surface area contributed by atoms with E-state index in [1.54, 1.807) is 12.3 Å². The number of fused-ring (bicyclic) bond motifs is 1. The van der Waals surface area contributed by atoms with Crippen molar-refractivity contribution in [2.75, 3.05) is 27.1 Å². The number of alkyl carbamates (subject to hydrolysis) is 1. The van der Waals surface area contributed by atoms with Gasteiger partial charge in [-0.15, -0.1) is 0 Å². The van der Waals surface area contributed by atoms with Gasteiger partial charge in [0.2, 0.25) is 0 Å². The number of likely N-dealkylation sites (N-methyl/N-ethyl adjacent to an activating group) is 1. The highest BCUT2D eigenvalue weighted by Crippen LogP contribution is 2.21. The number of benzene rings is 1. The van der Waals surface area contributed by atoms with Crippen LogP contribution in [0, 0.1) is 0 Å². The van der Waals surface area contributed by atoms with Crippen LogP contribution in [0.25, 0.3) is 10.9 Å². The third kappa shape index (κ3) is 3.19. The number of ether oxygens (including phenoxy) is 1. The van der Waals surface area contributed by atoms with E-state index in [0.29, 0.717) is 21.4 Å². The summed E-state index contributed by atoms with van der Waals surface area (Å²) in [7, 11) is 0. The number of H-pyrrole nitrogens is 1. The minimum Gasteiger partial charge on any atom is -0.447 e. The van der Waals surface area contributed by atoms with E-state index in [1.807, 2.05) is 0 Å². The van der Waals surface area contributed by atoms with Crippen LogP contribution in [0.4, 0.5) is 4.79 Å². The molecule has 3 rings (SSSR count). The molecule has 2 N–H and O–H groups in total. The van der Waals surface area contributed by atoms with E-state index in [4.69, 9.17) is 13.7 Å². The van der Waals surface area contributed by atoms with Gasteiger partial charge in [0.25, 0.3) is 0 Å². The van der Waals surface area contributed by atoms with Crippen LogP contribution >= 0.6 is 0 Å². The molecule has 0 aliphatic carbocycles. The molecule has 1 fully saturated rings. The fourth-order valence-electron chi connectivity index (χ4n) is 2.23. The molecule has 0 saturated carbocycles. The van der Waals surface area contributed by atoms with Crippen LogP contribution in [0.5, 0.6) is 0 Å². The number of hydrogen-bond donors (Lipinski definition) is 2. The zero-order valence-electron chi connectivity index (χ0n) is 21.1. The lowest BCUT2D eigenvalue weighted by Gasteiger charge is -2.09. The van der Waals surface area contributed by atoms with Crippen molar-refractivity contribution in [1.29, 1.82) is 0 Å². The monoisotopic (exact) mass is 297 g/mol. The van der Waals surface area contributed by atoms with Gasteiger partial charge >= 0.3 is 6.09 Å². The lowest BCUT2D eigenvalue weighted by atomic mass is 10.0. The molecule has 1 atom stereocenters. The average molecular weight is 297 g/mol. The molecule has 1 aliphatic rings. The SMILES string of the molecule is [2H]C1([2H])OC(=O)N[C@H]1C([2H])([2H])c1ccc2[nH]cc(CCN(C([2H])([2H])[2H])C([2H])([2H])[2H])c2c1. The van der Waals surface area contributed by atoms with Gasteiger partial charge in [-0.3, -0.25) is 0 Å². The van der Waals surface area contributed by atoms with Crippen LogP contribution in [-0.2, 0) is 17.5 Å². The molecule has 0 unspecified atom stereocenters. The summed E-state index contributed by atoms with van der Waals surface area (Å²) in [6, 6.07) is 2.90. The number of aromatic nitrogens is 1. The van der Waals surface area contributed by atoms with E-state index in [0.717, 1.165) is 0 Å². The van der Waals surface area contributed by atoms with Gasteiger partial charge in [0, 0.05) is 34.6 Å². The fraction of sp³-hybridized carbons (Fsp3) is 0.438. The van der Waals surface area contributed by atoms with Crippen molar-refractivity contribution in [3.05, 3.63) is 35.5 Å². The number of rotatable bonds is 5. The number of hydrogen-bond acceptors (Lipinski definition) is 3. The van der Waals surface area contributed by atoms with Gasteiger partial charge in [-0.2, -0.15) is 0 Å². The topological polar surface area (TPSA) is 57.4 Å². The van der Waals surface area contributed by atoms with Crippen molar-refractivity contribution in [2.24, 2.45) is 0 Å². The Bertz CT molecular complexity index is 968. The smallest absolute Gasteiger partial charge is 0.407 e. The number of carbonyl (C=O) groups excluding carboxylic acids is 1. The quantitative estimate of drug-likeness (QED) is 0.886. The zero-order valence-corrected chi connectivity index (χ0v) is 11.1. The summed E-state index contributed by atoms with van der Waals surface area (Å²) in [4.78, 5) is 14.9. The number of cyclic esters (lactones) is 1. The first-order valence-electron chi connectivity index (χ1n) is 11.4. The zero-order chi connectivity index (χ0) is 23.4. The van der Waals surface area contributed by atoms with Crippen LogP contribution in [0.2, 0.25) is 0 Å². The third-order valence-corrected chi connectivity index (χ3v) is 3.21. The normalized spacial score (nSPS) is 29.6. The van der Waals surface area contributed by atoms with Crippen molar-refractivity contribution in [3.8, 4) is 0 Å². The molecule has 2 heterocycles. The molecule has 21 heavy (non-hydrogen) atoms. The highest BCUT2D eigenvalue weighted by Gasteiger charge is 2.22. The van der Waals surface area contributed by atoms with E-state index in [2.05, 4.69) is 15.0 Å². The van der Waals surface area contributed by atoms with Crippen molar-refractivity contribution in [2.45, 2.75) is 18.8 Å². The summed E-state index contributed by atoms with van der Waals surface area (Å²) < 4.78 is 81.7. The Hall–Kier alpha value is -2.01. The van der Waals surface area contributed by atoms with Crippen LogP contribution in [0.3, 0.4) is 0 Å². The van der Waals surface area contributed by atoms with Crippen LogP contribution < -0.4 is 5.32 Å². The molecule has 1 aromatic carbocycles. The molecule has 0 spiro atoms. The van der Waals surface area contributed by atoms with Crippen LogP contribution in [0.15, 0.2) is 24.4 Å². The maximum atomic E-state index is 11.4. The number of aromatic amines is 1. The first-order valence-corrected chi connectivity index (χ1v) is 6.41. The largest absolute Gasteiger partial charge is 0.447 e. The van der Waals surface area contributed by atoms with E-state index >= 15 is 0 Å². The molecular weight excluding hydrogens is 266 g/mol. The summed E-state index contributed by atoms with van der Waals surface area (Å²) in [6.07, 6.45) is -1.74. The fourth-order valence-corrected chi connectivity index (χ4v) is 2.23. The lowest BCUT2D eigenvalue weighted by Crippen LogP contribution is -2.28. The predicted octanol–water partition coefficient (Wildman–Crippen LogP) is 1.92. The second kappa shape index (κ2) is 5.77. The first-order chi connectivity index (χ1) is 14.0. The molecule has 1 saturated heterocycles. The molecule has 0 radical (unpaired) electrons. The second-order valence-electron chi connectivity index (χ2n) is 4.70. The summed E-state index contributed by atoms with van der Waals surface area (Å²) in [5.41, 5.74) is 1.25. The Morgan fingerprint density at radius 3 is 3.24 bits per heavy atom. The summed E-state index contributed by atoms with van der Waals surface area (Å²) in [6.45, 7) is -8.47. The maximum Gasteiger partial charge on any atom is 0.407 e. The summed E-state index contributed by atoms with van der Waals surface area (Å²) in [5.74, 6) is 0. The predicted molar refractivity (Wildman–Crippen MR) is 82.5 cm³/mol. The minimum atomic E-state index is -2.81. The van der Waals surface area contributed by atoms with Gasteiger partial charge in [0.1, 0.15) is 6.56 Å². The van der Waals surface area contributed by atoms with E-state index in [-0.39, 0.29) is 18.5 Å². The standard InChI is InChI=1S/C16H21N3O2/c1-19(2)6-5-12-9-17-15-4-3-11(8-14(12)15)7-13-10-21-16(20)18-13/h3-4,8-9,13,17H,5-7,10H2,1-2H3,(H,18,20)/t13-/m0/s1/i1D3,2D3,7D2,10D2. The van der Waals surface area contributed by atoms with Crippen LogP contribution in [-0.4, -0.2) is 49.1 Å². The second-order valence-corrected chi connectivity index (χ2v) is 4.70. The maximum absolute atomic E-state index is 11.4. The van der Waals surface area contributed by atoms with E-state index in [9.17, 15) is 4.79 Å². The molecule has 5 nitrogen and oxygen atoms in total.